The minimum Gasteiger partial charge on any atom is -0.356 e. The molecule has 8 heteroatoms. The van der Waals surface area contributed by atoms with Gasteiger partial charge < -0.3 is 5.32 Å². The summed E-state index contributed by atoms with van der Waals surface area (Å²) >= 11 is 0. The number of sulfonamides is 1. The molecule has 2 aromatic rings. The Morgan fingerprint density at radius 1 is 1.21 bits per heavy atom. The third-order valence-corrected chi connectivity index (χ3v) is 4.86. The summed E-state index contributed by atoms with van der Waals surface area (Å²) in [5, 5.41) is 15.0. The highest BCUT2D eigenvalue weighted by Gasteiger charge is 2.09. The van der Waals surface area contributed by atoms with Crippen LogP contribution in [0.25, 0.3) is 0 Å². The quantitative estimate of drug-likeness (QED) is 0.689. The summed E-state index contributed by atoms with van der Waals surface area (Å²) < 4.78 is 22.4. The lowest BCUT2D eigenvalue weighted by Crippen LogP contribution is -2.26. The molecular weight excluding hydrogens is 328 g/mol. The summed E-state index contributed by atoms with van der Waals surface area (Å²) in [6.45, 7) is 4.43. The SMILES string of the molecule is Cc1[nH]nc(CCC(=O)NCCc2ccc(S(N)(=O)=O)cc2)c1C. The van der Waals surface area contributed by atoms with Crippen molar-refractivity contribution in [1.82, 2.24) is 15.5 Å². The fraction of sp³-hybridized carbons (Fsp3) is 0.375. The zero-order valence-electron chi connectivity index (χ0n) is 13.8. The van der Waals surface area contributed by atoms with E-state index in [1.54, 1.807) is 12.1 Å². The summed E-state index contributed by atoms with van der Waals surface area (Å²) in [7, 11) is -3.67. The van der Waals surface area contributed by atoms with Gasteiger partial charge in [0.1, 0.15) is 0 Å². The van der Waals surface area contributed by atoms with Crippen LogP contribution in [0.4, 0.5) is 0 Å². The van der Waals surface area contributed by atoms with Crippen LogP contribution in [-0.4, -0.2) is 31.1 Å². The van der Waals surface area contributed by atoms with E-state index in [1.807, 2.05) is 13.8 Å². The molecule has 4 N–H and O–H groups in total. The van der Waals surface area contributed by atoms with E-state index in [0.29, 0.717) is 25.8 Å². The zero-order valence-corrected chi connectivity index (χ0v) is 14.6. The van der Waals surface area contributed by atoms with Crippen LogP contribution in [0.1, 0.15) is 28.9 Å². The molecule has 0 aliphatic heterocycles. The Morgan fingerprint density at radius 2 is 1.88 bits per heavy atom. The molecular formula is C16H22N4O3S. The van der Waals surface area contributed by atoms with E-state index in [9.17, 15) is 13.2 Å². The summed E-state index contributed by atoms with van der Waals surface area (Å²) in [5.41, 5.74) is 3.97. The number of aromatic nitrogens is 2. The number of amides is 1. The number of carbonyl (C=O) groups excluding carboxylic acids is 1. The fourth-order valence-corrected chi connectivity index (χ4v) is 2.81. The number of rotatable bonds is 7. The van der Waals surface area contributed by atoms with Gasteiger partial charge in [-0.1, -0.05) is 12.1 Å². The first-order chi connectivity index (χ1) is 11.3. The van der Waals surface area contributed by atoms with Gasteiger partial charge in [-0.05, 0) is 43.5 Å². The molecule has 0 aliphatic rings. The lowest BCUT2D eigenvalue weighted by Gasteiger charge is -2.06. The number of aromatic amines is 1. The molecule has 0 saturated heterocycles. The van der Waals surface area contributed by atoms with E-state index in [2.05, 4.69) is 15.5 Å². The molecule has 0 bridgehead atoms. The molecule has 0 unspecified atom stereocenters. The molecule has 1 aromatic carbocycles. The van der Waals surface area contributed by atoms with Crippen molar-refractivity contribution in [3.63, 3.8) is 0 Å². The van der Waals surface area contributed by atoms with Crippen molar-refractivity contribution < 1.29 is 13.2 Å². The van der Waals surface area contributed by atoms with Gasteiger partial charge in [0.2, 0.25) is 15.9 Å². The fourth-order valence-electron chi connectivity index (χ4n) is 2.29. The van der Waals surface area contributed by atoms with Crippen molar-refractivity contribution in [2.45, 2.75) is 38.0 Å². The molecule has 1 heterocycles. The predicted octanol–water partition coefficient (Wildman–Crippen LogP) is 0.965. The number of H-pyrrole nitrogens is 1. The maximum Gasteiger partial charge on any atom is 0.238 e. The van der Waals surface area contributed by atoms with Gasteiger partial charge in [0.25, 0.3) is 0 Å². The van der Waals surface area contributed by atoms with Crippen LogP contribution in [0.2, 0.25) is 0 Å². The van der Waals surface area contributed by atoms with Crippen LogP contribution in [-0.2, 0) is 27.7 Å². The molecule has 7 nitrogen and oxygen atoms in total. The predicted molar refractivity (Wildman–Crippen MR) is 90.9 cm³/mol. The van der Waals surface area contributed by atoms with Gasteiger partial charge in [-0.25, -0.2) is 13.6 Å². The Kier molecular flexibility index (Phi) is 5.74. The maximum atomic E-state index is 11.9. The normalized spacial score (nSPS) is 11.5. The third kappa shape index (κ3) is 4.90. The van der Waals surface area contributed by atoms with E-state index in [1.165, 1.54) is 12.1 Å². The number of primary sulfonamides is 1. The number of hydrogen-bond acceptors (Lipinski definition) is 4. The van der Waals surface area contributed by atoms with Gasteiger partial charge in [0, 0.05) is 25.1 Å². The van der Waals surface area contributed by atoms with Crippen molar-refractivity contribution in [3.8, 4) is 0 Å². The van der Waals surface area contributed by atoms with Gasteiger partial charge in [-0.15, -0.1) is 0 Å². The average molecular weight is 350 g/mol. The van der Waals surface area contributed by atoms with E-state index in [-0.39, 0.29) is 10.8 Å². The topological polar surface area (TPSA) is 118 Å². The van der Waals surface area contributed by atoms with E-state index >= 15 is 0 Å². The second-order valence-electron chi connectivity index (χ2n) is 5.71. The number of nitrogens with zero attached hydrogens (tertiary/aromatic N) is 1. The Morgan fingerprint density at radius 3 is 2.42 bits per heavy atom. The molecule has 2 rings (SSSR count). The van der Waals surface area contributed by atoms with Crippen LogP contribution in [0.5, 0.6) is 0 Å². The van der Waals surface area contributed by atoms with Crippen LogP contribution in [0.3, 0.4) is 0 Å². The van der Waals surface area contributed by atoms with Gasteiger partial charge in [-0.3, -0.25) is 9.89 Å². The maximum absolute atomic E-state index is 11.9. The number of carbonyl (C=O) groups is 1. The van der Waals surface area contributed by atoms with Crippen LogP contribution in [0, 0.1) is 13.8 Å². The largest absolute Gasteiger partial charge is 0.356 e. The molecule has 0 saturated carbocycles. The number of nitrogens with one attached hydrogen (secondary N) is 2. The minimum absolute atomic E-state index is 0.0313. The minimum atomic E-state index is -3.67. The Bertz CT molecular complexity index is 810. The highest BCUT2D eigenvalue weighted by Crippen LogP contribution is 2.11. The molecule has 0 radical (unpaired) electrons. The van der Waals surface area contributed by atoms with Crippen molar-refractivity contribution in [3.05, 3.63) is 46.8 Å². The second-order valence-corrected chi connectivity index (χ2v) is 7.27. The van der Waals surface area contributed by atoms with Gasteiger partial charge in [0.05, 0.1) is 10.6 Å². The summed E-state index contributed by atoms with van der Waals surface area (Å²) in [5.74, 6) is -0.0313. The van der Waals surface area contributed by atoms with Crippen LogP contribution >= 0.6 is 0 Å². The van der Waals surface area contributed by atoms with Crippen molar-refractivity contribution in [1.29, 1.82) is 0 Å². The first kappa shape index (κ1) is 18.2. The standard InChI is InChI=1S/C16H22N4O3S/c1-11-12(2)19-20-15(11)7-8-16(21)18-10-9-13-3-5-14(6-4-13)24(17,22)23/h3-6H,7-10H2,1-2H3,(H,18,21)(H,19,20)(H2,17,22,23). The Labute approximate surface area is 141 Å². The molecule has 1 amide bonds. The first-order valence-corrected chi connectivity index (χ1v) is 9.21. The third-order valence-electron chi connectivity index (χ3n) is 3.93. The highest BCUT2D eigenvalue weighted by molar-refractivity contribution is 7.89. The Hall–Kier alpha value is -2.19. The lowest BCUT2D eigenvalue weighted by molar-refractivity contribution is -0.121. The van der Waals surface area contributed by atoms with Gasteiger partial charge >= 0.3 is 0 Å². The summed E-state index contributed by atoms with van der Waals surface area (Å²) in [6.07, 6.45) is 1.61. The van der Waals surface area contributed by atoms with E-state index in [4.69, 9.17) is 5.14 Å². The summed E-state index contributed by atoms with van der Waals surface area (Å²) in [6, 6.07) is 6.33. The number of nitrogens with two attached hydrogens (primary N) is 1. The first-order valence-electron chi connectivity index (χ1n) is 7.66. The molecule has 24 heavy (non-hydrogen) atoms. The number of benzene rings is 1. The second kappa shape index (κ2) is 7.59. The van der Waals surface area contributed by atoms with Crippen molar-refractivity contribution in [2.75, 3.05) is 6.54 Å². The molecule has 0 aliphatic carbocycles. The lowest BCUT2D eigenvalue weighted by atomic mass is 10.1. The van der Waals surface area contributed by atoms with Gasteiger partial charge in [-0.2, -0.15) is 5.10 Å². The monoisotopic (exact) mass is 350 g/mol. The van der Waals surface area contributed by atoms with E-state index < -0.39 is 10.0 Å². The van der Waals surface area contributed by atoms with E-state index in [0.717, 1.165) is 22.5 Å². The number of hydrogen-bond donors (Lipinski definition) is 3. The smallest absolute Gasteiger partial charge is 0.238 e. The zero-order chi connectivity index (χ0) is 17.7. The summed E-state index contributed by atoms with van der Waals surface area (Å²) in [4.78, 5) is 11.9. The molecule has 1 aromatic heterocycles. The van der Waals surface area contributed by atoms with Crippen molar-refractivity contribution >= 4 is 15.9 Å². The average Bonchev–Trinajstić information content (AvgIpc) is 2.84. The molecule has 0 spiro atoms. The highest BCUT2D eigenvalue weighted by atomic mass is 32.2. The number of aryl methyl sites for hydroxylation is 2. The van der Waals surface area contributed by atoms with Gasteiger partial charge in [0.15, 0.2) is 0 Å². The van der Waals surface area contributed by atoms with Crippen LogP contribution < -0.4 is 10.5 Å². The molecule has 0 atom stereocenters. The molecule has 130 valence electrons. The van der Waals surface area contributed by atoms with Crippen molar-refractivity contribution in [2.24, 2.45) is 5.14 Å². The van der Waals surface area contributed by atoms with Crippen LogP contribution in [0.15, 0.2) is 29.2 Å². The molecule has 0 fully saturated rings. The Balaban J connectivity index is 1.75.